The van der Waals surface area contributed by atoms with E-state index in [2.05, 4.69) is 267 Å². The van der Waals surface area contributed by atoms with Gasteiger partial charge in [-0.2, -0.15) is 0 Å². The van der Waals surface area contributed by atoms with Gasteiger partial charge in [0.05, 0.1) is 5.41 Å². The molecule has 0 amide bonds. The second-order valence-corrected chi connectivity index (χ2v) is 20.2. The summed E-state index contributed by atoms with van der Waals surface area (Å²) in [6.45, 7) is 0. The highest BCUT2D eigenvalue weighted by Crippen LogP contribution is 2.58. The van der Waals surface area contributed by atoms with Crippen LogP contribution in [0.5, 0.6) is 0 Å². The number of hydrogen-bond donors (Lipinski definition) is 0. The molecule has 1 aliphatic carbocycles. The second kappa shape index (κ2) is 16.1. The zero-order chi connectivity index (χ0) is 49.2. The first-order chi connectivity index (χ1) is 37.2. The number of hydrogen-bond acceptors (Lipinski definition) is 2. The molecule has 1 aliphatic rings. The average molecular weight is 953 g/mol. The lowest BCUT2D eigenvalue weighted by atomic mass is 9.67. The van der Waals surface area contributed by atoms with E-state index in [-0.39, 0.29) is 0 Å². The Bertz CT molecular complexity index is 4750. The Labute approximate surface area is 433 Å². The van der Waals surface area contributed by atoms with Gasteiger partial charge >= 0.3 is 0 Å². The quantitative estimate of drug-likeness (QED) is 0.155. The van der Waals surface area contributed by atoms with Crippen LogP contribution in [-0.4, -0.2) is 0 Å². The monoisotopic (exact) mass is 952 g/mol. The first-order valence-corrected chi connectivity index (χ1v) is 25.9. The first-order valence-electron chi connectivity index (χ1n) is 25.9. The van der Waals surface area contributed by atoms with E-state index in [0.717, 1.165) is 60.6 Å². The molecule has 0 N–H and O–H groups in total. The first kappa shape index (κ1) is 41.8. The molecule has 0 saturated heterocycles. The molecule has 16 rings (SSSR count). The van der Waals surface area contributed by atoms with Gasteiger partial charge in [0.15, 0.2) is 11.2 Å². The van der Waals surface area contributed by atoms with E-state index >= 15 is 0 Å². The predicted molar refractivity (Wildman–Crippen MR) is 313 cm³/mol. The zero-order valence-corrected chi connectivity index (χ0v) is 40.7. The van der Waals surface area contributed by atoms with Crippen molar-refractivity contribution >= 4 is 76.2 Å². The third-order valence-electron chi connectivity index (χ3n) is 16.3. The SMILES string of the molecule is c1ccc(C2(c3ccccc3)c3ccccc3-c3c(-c4ccc5oc6c(ccc7c8cc(-c9cccc(-c%10cccc(-c%11ccc%12c%13ccccc%13c%13ccccc%13c%12c%11)c%10)c9)ccc8oc76)c5c4)cccc32)cc1. The van der Waals surface area contributed by atoms with Crippen LogP contribution in [0.2, 0.25) is 0 Å². The van der Waals surface area contributed by atoms with Gasteiger partial charge in [-0.25, -0.2) is 0 Å². The van der Waals surface area contributed by atoms with Crippen molar-refractivity contribution in [2.45, 2.75) is 5.41 Å². The smallest absolute Gasteiger partial charge is 0.178 e. The van der Waals surface area contributed by atoms with Gasteiger partial charge in [-0.05, 0) is 165 Å². The van der Waals surface area contributed by atoms with Crippen molar-refractivity contribution < 1.29 is 8.83 Å². The second-order valence-electron chi connectivity index (χ2n) is 20.2. The number of furan rings is 2. The molecule has 0 fully saturated rings. The minimum atomic E-state index is -0.467. The van der Waals surface area contributed by atoms with Crippen LogP contribution in [0.3, 0.4) is 0 Å². The highest BCUT2D eigenvalue weighted by molar-refractivity contribution is 6.26. The zero-order valence-electron chi connectivity index (χ0n) is 40.7. The molecule has 0 saturated carbocycles. The minimum absolute atomic E-state index is 0.467. The van der Waals surface area contributed by atoms with Crippen LogP contribution < -0.4 is 0 Å². The van der Waals surface area contributed by atoms with Gasteiger partial charge in [0, 0.05) is 21.5 Å². The van der Waals surface area contributed by atoms with E-state index in [0.29, 0.717) is 0 Å². The largest absolute Gasteiger partial charge is 0.452 e. The molecule has 75 heavy (non-hydrogen) atoms. The maximum absolute atomic E-state index is 6.77. The Morgan fingerprint density at radius 1 is 0.227 bits per heavy atom. The number of rotatable bonds is 6. The molecule has 0 unspecified atom stereocenters. The molecule has 348 valence electrons. The van der Waals surface area contributed by atoms with Crippen LogP contribution in [-0.2, 0) is 5.41 Å². The third kappa shape index (κ3) is 6.14. The summed E-state index contributed by atoms with van der Waals surface area (Å²) < 4.78 is 13.5. The van der Waals surface area contributed by atoms with Crippen molar-refractivity contribution in [2.75, 3.05) is 0 Å². The summed E-state index contributed by atoms with van der Waals surface area (Å²) in [6.07, 6.45) is 0. The summed E-state index contributed by atoms with van der Waals surface area (Å²) in [4.78, 5) is 0. The summed E-state index contributed by atoms with van der Waals surface area (Å²) in [7, 11) is 0. The van der Waals surface area contributed by atoms with E-state index in [1.165, 1.54) is 93.5 Å². The molecule has 0 aliphatic heterocycles. The Hall–Kier alpha value is -9.76. The van der Waals surface area contributed by atoms with E-state index in [9.17, 15) is 0 Å². The molecule has 0 radical (unpaired) electrons. The van der Waals surface area contributed by atoms with Gasteiger partial charge in [-0.15, -0.1) is 0 Å². The highest BCUT2D eigenvalue weighted by Gasteiger charge is 2.46. The molecule has 2 aromatic heterocycles. The van der Waals surface area contributed by atoms with E-state index in [1.807, 2.05) is 0 Å². The molecule has 13 aromatic carbocycles. The fourth-order valence-electron chi connectivity index (χ4n) is 13.0. The van der Waals surface area contributed by atoms with Crippen LogP contribution in [0.25, 0.3) is 132 Å². The van der Waals surface area contributed by atoms with Crippen LogP contribution in [0.1, 0.15) is 22.3 Å². The molecular weight excluding hydrogens is 909 g/mol. The van der Waals surface area contributed by atoms with Crippen LogP contribution in [0, 0.1) is 0 Å². The summed E-state index contributed by atoms with van der Waals surface area (Å²) in [5, 5.41) is 11.9. The topological polar surface area (TPSA) is 26.3 Å². The molecule has 2 heteroatoms. The minimum Gasteiger partial charge on any atom is -0.452 e. The Kier molecular flexibility index (Phi) is 8.99. The molecule has 15 aromatic rings. The normalized spacial score (nSPS) is 12.9. The maximum atomic E-state index is 6.77. The van der Waals surface area contributed by atoms with Crippen LogP contribution in [0.4, 0.5) is 0 Å². The molecule has 0 spiro atoms. The van der Waals surface area contributed by atoms with Crippen LogP contribution >= 0.6 is 0 Å². The fourth-order valence-corrected chi connectivity index (χ4v) is 13.0. The summed E-state index contributed by atoms with van der Waals surface area (Å²) in [6, 6.07) is 97.8. The Morgan fingerprint density at radius 2 is 0.613 bits per heavy atom. The third-order valence-corrected chi connectivity index (χ3v) is 16.3. The number of benzene rings is 13. The average Bonchev–Trinajstić information content (AvgIpc) is 4.23. The van der Waals surface area contributed by atoms with E-state index in [4.69, 9.17) is 8.83 Å². The number of fused-ring (bicyclic) bond motifs is 16. The van der Waals surface area contributed by atoms with Crippen molar-refractivity contribution in [1.29, 1.82) is 0 Å². The van der Waals surface area contributed by atoms with Gasteiger partial charge < -0.3 is 8.83 Å². The lowest BCUT2D eigenvalue weighted by molar-refractivity contribution is 0.633. The van der Waals surface area contributed by atoms with Gasteiger partial charge in [0.1, 0.15) is 11.2 Å². The van der Waals surface area contributed by atoms with Crippen molar-refractivity contribution in [3.8, 4) is 55.6 Å². The lowest BCUT2D eigenvalue weighted by Crippen LogP contribution is -2.28. The predicted octanol–water partition coefficient (Wildman–Crippen LogP) is 20.0. The van der Waals surface area contributed by atoms with Gasteiger partial charge in [0.2, 0.25) is 0 Å². The van der Waals surface area contributed by atoms with Gasteiger partial charge in [0.25, 0.3) is 0 Å². The maximum Gasteiger partial charge on any atom is 0.178 e. The summed E-state index contributed by atoms with van der Waals surface area (Å²) >= 11 is 0. The summed E-state index contributed by atoms with van der Waals surface area (Å²) in [5.74, 6) is 0. The fraction of sp³-hybridized carbons (Fsp3) is 0.0137. The Balaban J connectivity index is 0.764. The highest BCUT2D eigenvalue weighted by atomic mass is 16.4. The van der Waals surface area contributed by atoms with Crippen LogP contribution in [0.15, 0.2) is 276 Å². The van der Waals surface area contributed by atoms with Crippen molar-refractivity contribution in [3.05, 3.63) is 289 Å². The van der Waals surface area contributed by atoms with E-state index < -0.39 is 5.41 Å². The standard InChI is InChI=1S/C73H44O2/c1-3-20-52(21-4-1)73(53-22-5-2-6-23-53)66-30-12-11-28-62(66)70-54(29-15-31-67(70)73)51-34-39-69-65(44-51)61-37-36-60-64-43-50(33-38-68(64)74-71(60)72(61)75-69)48-19-14-17-46(41-48)45-16-13-18-47(40-45)49-32-35-59-57-26-8-7-24-55(57)56-25-9-10-27-58(56)63(59)42-49/h1-44H. The van der Waals surface area contributed by atoms with E-state index in [1.54, 1.807) is 0 Å². The van der Waals surface area contributed by atoms with Crippen molar-refractivity contribution in [3.63, 3.8) is 0 Å². The van der Waals surface area contributed by atoms with Crippen molar-refractivity contribution in [2.24, 2.45) is 0 Å². The van der Waals surface area contributed by atoms with Gasteiger partial charge in [-0.3, -0.25) is 0 Å². The van der Waals surface area contributed by atoms with Gasteiger partial charge in [-0.1, -0.05) is 212 Å². The molecule has 0 bridgehead atoms. The molecule has 2 nitrogen and oxygen atoms in total. The van der Waals surface area contributed by atoms with Crippen molar-refractivity contribution in [1.82, 2.24) is 0 Å². The Morgan fingerprint density at radius 3 is 1.19 bits per heavy atom. The molecule has 0 atom stereocenters. The molecule has 2 heterocycles. The summed E-state index contributed by atoms with van der Waals surface area (Å²) in [5.41, 5.74) is 19.7. The molecular formula is C73H44O2. The lowest BCUT2D eigenvalue weighted by Gasteiger charge is -2.34.